The number of carbonyl (C=O) groups excluding carboxylic acids is 1. The number of rotatable bonds is 9. The van der Waals surface area contributed by atoms with Gasteiger partial charge in [-0.25, -0.2) is 0 Å². The Morgan fingerprint density at radius 3 is 2.53 bits per heavy atom. The van der Waals surface area contributed by atoms with Crippen molar-refractivity contribution in [1.82, 2.24) is 0 Å². The molecule has 0 fully saturated rings. The Balaban J connectivity index is 2.33. The molecule has 0 atom stereocenters. The monoisotopic (exact) mass is 264 g/mol. The Kier molecular flexibility index (Phi) is 6.79. The number of anilines is 1. The first kappa shape index (κ1) is 15.3. The van der Waals surface area contributed by atoms with Crippen molar-refractivity contribution in [2.75, 3.05) is 12.3 Å². The zero-order chi connectivity index (χ0) is 14.1. The fourth-order valence-electron chi connectivity index (χ4n) is 1.95. The molecule has 1 rings (SSSR count). The van der Waals surface area contributed by atoms with Gasteiger partial charge in [0, 0.05) is 0 Å². The third kappa shape index (κ3) is 5.20. The molecule has 0 bridgehead atoms. The number of carbonyl (C=O) groups is 1. The normalized spacial score (nSPS) is 10.4. The lowest BCUT2D eigenvalue weighted by Gasteiger charge is -2.10. The van der Waals surface area contributed by atoms with Crippen LogP contribution in [0.2, 0.25) is 0 Å². The molecule has 0 unspecified atom stereocenters. The molecule has 4 heteroatoms. The molecule has 0 aliphatic heterocycles. The molecular weight excluding hydrogens is 240 g/mol. The highest BCUT2D eigenvalue weighted by Crippen LogP contribution is 2.25. The first-order chi connectivity index (χ1) is 9.16. The van der Waals surface area contributed by atoms with E-state index in [1.54, 1.807) is 18.2 Å². The second-order valence-corrected chi connectivity index (χ2v) is 4.70. The summed E-state index contributed by atoms with van der Waals surface area (Å²) in [5.41, 5.74) is 11.7. The Labute approximate surface area is 115 Å². The van der Waals surface area contributed by atoms with Crippen molar-refractivity contribution in [3.05, 3.63) is 23.8 Å². The number of benzene rings is 1. The lowest BCUT2D eigenvalue weighted by atomic mass is 10.1. The van der Waals surface area contributed by atoms with Gasteiger partial charge in [-0.1, -0.05) is 45.1 Å². The van der Waals surface area contributed by atoms with Gasteiger partial charge in [0.15, 0.2) is 0 Å². The highest BCUT2D eigenvalue weighted by atomic mass is 16.5. The van der Waals surface area contributed by atoms with Crippen molar-refractivity contribution in [3.63, 3.8) is 0 Å². The van der Waals surface area contributed by atoms with Gasteiger partial charge < -0.3 is 16.2 Å². The van der Waals surface area contributed by atoms with Crippen LogP contribution in [0, 0.1) is 0 Å². The summed E-state index contributed by atoms with van der Waals surface area (Å²) in [5, 5.41) is 0. The van der Waals surface area contributed by atoms with Gasteiger partial charge in [-0.15, -0.1) is 0 Å². The van der Waals surface area contributed by atoms with E-state index in [1.165, 1.54) is 25.7 Å². The average molecular weight is 264 g/mol. The zero-order valence-corrected chi connectivity index (χ0v) is 11.7. The van der Waals surface area contributed by atoms with E-state index < -0.39 is 5.91 Å². The lowest BCUT2D eigenvalue weighted by Crippen LogP contribution is -2.14. The number of ether oxygens (including phenoxy) is 1. The summed E-state index contributed by atoms with van der Waals surface area (Å²) in [6.45, 7) is 2.83. The van der Waals surface area contributed by atoms with Crippen LogP contribution in [0.5, 0.6) is 5.75 Å². The number of hydrogen-bond donors (Lipinski definition) is 2. The van der Waals surface area contributed by atoms with Crippen LogP contribution < -0.4 is 16.2 Å². The minimum absolute atomic E-state index is 0.320. The van der Waals surface area contributed by atoms with Gasteiger partial charge in [0.25, 0.3) is 5.91 Å². The summed E-state index contributed by atoms with van der Waals surface area (Å²) < 4.78 is 5.60. The van der Waals surface area contributed by atoms with Crippen LogP contribution in [0.3, 0.4) is 0 Å². The molecule has 0 spiro atoms. The molecule has 0 radical (unpaired) electrons. The molecule has 0 saturated heterocycles. The molecule has 1 aromatic carbocycles. The van der Waals surface area contributed by atoms with Gasteiger partial charge in [0.1, 0.15) is 5.75 Å². The van der Waals surface area contributed by atoms with Crippen LogP contribution in [0.25, 0.3) is 0 Å². The van der Waals surface area contributed by atoms with Crippen LogP contribution in [0.4, 0.5) is 5.69 Å². The zero-order valence-electron chi connectivity index (χ0n) is 11.7. The Hall–Kier alpha value is -1.71. The first-order valence-corrected chi connectivity index (χ1v) is 6.98. The van der Waals surface area contributed by atoms with E-state index in [-0.39, 0.29) is 0 Å². The van der Waals surface area contributed by atoms with Gasteiger partial charge >= 0.3 is 0 Å². The van der Waals surface area contributed by atoms with E-state index >= 15 is 0 Å². The molecule has 0 aromatic heterocycles. The number of unbranched alkanes of at least 4 members (excludes halogenated alkanes) is 5. The number of para-hydroxylation sites is 1. The highest BCUT2D eigenvalue weighted by Gasteiger charge is 2.09. The largest absolute Gasteiger partial charge is 0.491 e. The number of primary amides is 1. The third-order valence-corrected chi connectivity index (χ3v) is 3.09. The molecule has 0 saturated carbocycles. The minimum Gasteiger partial charge on any atom is -0.491 e. The maximum Gasteiger partial charge on any atom is 0.250 e. The van der Waals surface area contributed by atoms with E-state index in [0.29, 0.717) is 23.6 Å². The number of amides is 1. The summed E-state index contributed by atoms with van der Waals surface area (Å²) in [7, 11) is 0. The third-order valence-electron chi connectivity index (χ3n) is 3.09. The first-order valence-electron chi connectivity index (χ1n) is 6.98. The maximum absolute atomic E-state index is 11.1. The minimum atomic E-state index is -0.525. The van der Waals surface area contributed by atoms with Crippen LogP contribution in [0.1, 0.15) is 55.8 Å². The van der Waals surface area contributed by atoms with Crippen molar-refractivity contribution >= 4 is 11.6 Å². The molecule has 0 heterocycles. The fraction of sp³-hybridized carbons (Fsp3) is 0.533. The standard InChI is InChI=1S/C15H24N2O2/c1-2-3-4-5-6-7-11-19-13-10-8-9-12(14(13)16)15(17)18/h8-10H,2-7,11,16H2,1H3,(H2,17,18). The molecule has 4 nitrogen and oxygen atoms in total. The van der Waals surface area contributed by atoms with Crippen LogP contribution in [-0.2, 0) is 0 Å². The van der Waals surface area contributed by atoms with E-state index in [4.69, 9.17) is 16.2 Å². The summed E-state index contributed by atoms with van der Waals surface area (Å²) in [6.07, 6.45) is 7.25. The number of nitrogen functional groups attached to an aromatic ring is 1. The molecule has 4 N–H and O–H groups in total. The SMILES string of the molecule is CCCCCCCCOc1cccc(C(N)=O)c1N. The van der Waals surface area contributed by atoms with Crippen LogP contribution in [0.15, 0.2) is 18.2 Å². The van der Waals surface area contributed by atoms with Gasteiger partial charge in [-0.3, -0.25) is 4.79 Å². The quantitative estimate of drug-likeness (QED) is 0.531. The molecule has 106 valence electrons. The van der Waals surface area contributed by atoms with Crippen molar-refractivity contribution in [2.24, 2.45) is 5.73 Å². The summed E-state index contributed by atoms with van der Waals surface area (Å²) in [5.74, 6) is 0.0207. The second kappa shape index (κ2) is 8.40. The van der Waals surface area contributed by atoms with Crippen molar-refractivity contribution in [2.45, 2.75) is 45.4 Å². The lowest BCUT2D eigenvalue weighted by molar-refractivity contribution is 0.100. The fourth-order valence-corrected chi connectivity index (χ4v) is 1.95. The van der Waals surface area contributed by atoms with E-state index in [0.717, 1.165) is 12.8 Å². The summed E-state index contributed by atoms with van der Waals surface area (Å²) in [4.78, 5) is 11.1. The van der Waals surface area contributed by atoms with Crippen LogP contribution in [-0.4, -0.2) is 12.5 Å². The van der Waals surface area contributed by atoms with E-state index in [9.17, 15) is 4.79 Å². The smallest absolute Gasteiger partial charge is 0.250 e. The predicted octanol–water partition coefficient (Wildman–Crippen LogP) is 3.11. The Morgan fingerprint density at radius 1 is 1.16 bits per heavy atom. The number of nitrogens with two attached hydrogens (primary N) is 2. The molecular formula is C15H24N2O2. The highest BCUT2D eigenvalue weighted by molar-refractivity contribution is 5.99. The van der Waals surface area contributed by atoms with E-state index in [2.05, 4.69) is 6.92 Å². The van der Waals surface area contributed by atoms with Crippen molar-refractivity contribution < 1.29 is 9.53 Å². The van der Waals surface area contributed by atoms with Gasteiger partial charge in [0.05, 0.1) is 17.9 Å². The van der Waals surface area contributed by atoms with E-state index in [1.807, 2.05) is 0 Å². The topological polar surface area (TPSA) is 78.3 Å². The van der Waals surface area contributed by atoms with Gasteiger partial charge in [0.2, 0.25) is 0 Å². The second-order valence-electron chi connectivity index (χ2n) is 4.70. The Bertz CT molecular complexity index is 405. The van der Waals surface area contributed by atoms with Crippen molar-refractivity contribution in [3.8, 4) is 5.75 Å². The van der Waals surface area contributed by atoms with Gasteiger partial charge in [-0.2, -0.15) is 0 Å². The summed E-state index contributed by atoms with van der Waals surface area (Å²) in [6, 6.07) is 5.10. The van der Waals surface area contributed by atoms with Gasteiger partial charge in [-0.05, 0) is 18.6 Å². The predicted molar refractivity (Wildman–Crippen MR) is 78.2 cm³/mol. The molecule has 0 aliphatic rings. The molecule has 0 aliphatic carbocycles. The molecule has 1 amide bonds. The Morgan fingerprint density at radius 2 is 1.84 bits per heavy atom. The van der Waals surface area contributed by atoms with Crippen molar-refractivity contribution in [1.29, 1.82) is 0 Å². The maximum atomic E-state index is 11.1. The molecule has 1 aromatic rings. The average Bonchev–Trinajstić information content (AvgIpc) is 2.39. The number of hydrogen-bond acceptors (Lipinski definition) is 3. The van der Waals surface area contributed by atoms with Crippen LogP contribution >= 0.6 is 0 Å². The molecule has 19 heavy (non-hydrogen) atoms. The summed E-state index contributed by atoms with van der Waals surface area (Å²) >= 11 is 0.